The quantitative estimate of drug-likeness (QED) is 0.844. The molecular formula is C16H12F3N3O2. The molecule has 0 unspecified atom stereocenters. The Morgan fingerprint density at radius 3 is 2.33 bits per heavy atom. The van der Waals surface area contributed by atoms with Crippen LogP contribution in [0, 0.1) is 17.5 Å². The van der Waals surface area contributed by atoms with Crippen LogP contribution in [0.5, 0.6) is 0 Å². The number of benzene rings is 1. The Hall–Kier alpha value is -2.90. The van der Waals surface area contributed by atoms with Crippen LogP contribution < -0.4 is 10.6 Å². The molecule has 5 nitrogen and oxygen atoms in total. The van der Waals surface area contributed by atoms with Gasteiger partial charge in [0.05, 0.1) is 16.8 Å². The number of anilines is 1. The summed E-state index contributed by atoms with van der Waals surface area (Å²) in [4.78, 5) is 27.8. The van der Waals surface area contributed by atoms with Crippen molar-refractivity contribution in [3.63, 3.8) is 0 Å². The Morgan fingerprint density at radius 2 is 1.67 bits per heavy atom. The largest absolute Gasteiger partial charge is 0.349 e. The smallest absolute Gasteiger partial charge is 0.257 e. The summed E-state index contributed by atoms with van der Waals surface area (Å²) in [6, 6.07) is 3.04. The molecule has 1 aromatic heterocycles. The molecule has 2 amide bonds. The zero-order valence-electron chi connectivity index (χ0n) is 12.3. The van der Waals surface area contributed by atoms with E-state index < -0.39 is 29.0 Å². The predicted octanol–water partition coefficient (Wildman–Crippen LogP) is 2.64. The predicted molar refractivity (Wildman–Crippen MR) is 79.0 cm³/mol. The first-order valence-electron chi connectivity index (χ1n) is 7.16. The van der Waals surface area contributed by atoms with Crippen molar-refractivity contribution in [1.29, 1.82) is 0 Å². The molecule has 8 heteroatoms. The molecule has 0 aliphatic heterocycles. The molecule has 1 aliphatic rings. The monoisotopic (exact) mass is 335 g/mol. The molecule has 1 aliphatic carbocycles. The number of rotatable bonds is 4. The molecule has 1 aromatic carbocycles. The molecule has 0 spiro atoms. The van der Waals surface area contributed by atoms with Gasteiger partial charge in [-0.15, -0.1) is 0 Å². The first-order chi connectivity index (χ1) is 11.5. The van der Waals surface area contributed by atoms with Crippen molar-refractivity contribution < 1.29 is 22.8 Å². The molecule has 0 radical (unpaired) electrons. The molecule has 2 aromatic rings. The summed E-state index contributed by atoms with van der Waals surface area (Å²) in [6.45, 7) is 0. The molecule has 0 saturated heterocycles. The Bertz CT molecular complexity index is 822. The van der Waals surface area contributed by atoms with Gasteiger partial charge >= 0.3 is 0 Å². The second-order valence-electron chi connectivity index (χ2n) is 5.39. The normalized spacial score (nSPS) is 13.5. The topological polar surface area (TPSA) is 71.1 Å². The summed E-state index contributed by atoms with van der Waals surface area (Å²) in [5.74, 6) is -5.69. The second kappa shape index (κ2) is 6.31. The number of nitrogens with one attached hydrogen (secondary N) is 2. The van der Waals surface area contributed by atoms with E-state index in [0.29, 0.717) is 6.07 Å². The fourth-order valence-corrected chi connectivity index (χ4v) is 2.00. The first-order valence-corrected chi connectivity index (χ1v) is 7.16. The molecule has 2 N–H and O–H groups in total. The van der Waals surface area contributed by atoms with E-state index in [4.69, 9.17) is 0 Å². The van der Waals surface area contributed by atoms with Crippen molar-refractivity contribution in [3.8, 4) is 0 Å². The van der Waals surface area contributed by atoms with Crippen LogP contribution in [0.3, 0.4) is 0 Å². The van der Waals surface area contributed by atoms with Gasteiger partial charge in [-0.2, -0.15) is 0 Å². The standard InChI is InChI=1S/C16H12F3N3O2/c17-11-3-4-12(14(19)13(11)18)22-16(24)9-5-8(6-20-7-9)15(23)21-10-1-2-10/h3-7,10H,1-2H2,(H,21,23)(H,22,24). The number of carbonyl (C=O) groups excluding carboxylic acids is 2. The lowest BCUT2D eigenvalue weighted by molar-refractivity contribution is 0.0950. The van der Waals surface area contributed by atoms with E-state index in [0.717, 1.165) is 18.9 Å². The van der Waals surface area contributed by atoms with E-state index in [2.05, 4.69) is 15.6 Å². The summed E-state index contributed by atoms with van der Waals surface area (Å²) in [5.41, 5.74) is -0.338. The third-order valence-electron chi connectivity index (χ3n) is 3.46. The number of carbonyl (C=O) groups is 2. The first kappa shape index (κ1) is 16.0. The molecule has 3 rings (SSSR count). The number of aromatic nitrogens is 1. The lowest BCUT2D eigenvalue weighted by Crippen LogP contribution is -2.26. The van der Waals surface area contributed by atoms with Crippen LogP contribution in [-0.4, -0.2) is 22.8 Å². The van der Waals surface area contributed by atoms with Crippen molar-refractivity contribution in [2.24, 2.45) is 0 Å². The molecule has 1 saturated carbocycles. The van der Waals surface area contributed by atoms with Crippen molar-refractivity contribution in [2.45, 2.75) is 18.9 Å². The molecule has 0 atom stereocenters. The maximum Gasteiger partial charge on any atom is 0.257 e. The van der Waals surface area contributed by atoms with Crippen molar-refractivity contribution in [1.82, 2.24) is 10.3 Å². The van der Waals surface area contributed by atoms with Crippen LogP contribution in [0.2, 0.25) is 0 Å². The van der Waals surface area contributed by atoms with Crippen LogP contribution in [0.15, 0.2) is 30.6 Å². The average Bonchev–Trinajstić information content (AvgIpc) is 3.39. The van der Waals surface area contributed by atoms with Gasteiger partial charge in [0.15, 0.2) is 17.5 Å². The maximum atomic E-state index is 13.6. The minimum atomic E-state index is -1.68. The molecule has 24 heavy (non-hydrogen) atoms. The number of hydrogen-bond donors (Lipinski definition) is 2. The SMILES string of the molecule is O=C(Nc1ccc(F)c(F)c1F)c1cncc(C(=O)NC2CC2)c1. The Morgan fingerprint density at radius 1 is 1.00 bits per heavy atom. The van der Waals surface area contributed by atoms with Gasteiger partial charge in [-0.25, -0.2) is 13.2 Å². The molecule has 1 heterocycles. The number of amides is 2. The van der Waals surface area contributed by atoms with E-state index in [1.54, 1.807) is 0 Å². The van der Waals surface area contributed by atoms with Crippen molar-refractivity contribution in [2.75, 3.05) is 5.32 Å². The zero-order valence-corrected chi connectivity index (χ0v) is 12.3. The highest BCUT2D eigenvalue weighted by atomic mass is 19.2. The Labute approximate surface area is 134 Å². The van der Waals surface area contributed by atoms with E-state index in [-0.39, 0.29) is 23.1 Å². The fourth-order valence-electron chi connectivity index (χ4n) is 2.00. The summed E-state index contributed by atoms with van der Waals surface area (Å²) < 4.78 is 39.7. The zero-order chi connectivity index (χ0) is 17.3. The summed E-state index contributed by atoms with van der Waals surface area (Å²) in [5, 5.41) is 4.87. The van der Waals surface area contributed by atoms with Crippen molar-refractivity contribution >= 4 is 17.5 Å². The lowest BCUT2D eigenvalue weighted by atomic mass is 10.1. The minimum absolute atomic E-state index is 0.0115. The van der Waals surface area contributed by atoms with Crippen LogP contribution in [0.4, 0.5) is 18.9 Å². The summed E-state index contributed by atoms with van der Waals surface area (Å²) in [6.07, 6.45) is 4.30. The van der Waals surface area contributed by atoms with Crippen LogP contribution in [-0.2, 0) is 0 Å². The third-order valence-corrected chi connectivity index (χ3v) is 3.46. The second-order valence-corrected chi connectivity index (χ2v) is 5.39. The number of hydrogen-bond acceptors (Lipinski definition) is 3. The highest BCUT2D eigenvalue weighted by molar-refractivity contribution is 6.05. The van der Waals surface area contributed by atoms with Gasteiger partial charge < -0.3 is 10.6 Å². The Kier molecular flexibility index (Phi) is 4.20. The maximum absolute atomic E-state index is 13.6. The van der Waals surface area contributed by atoms with E-state index in [9.17, 15) is 22.8 Å². The van der Waals surface area contributed by atoms with Crippen LogP contribution >= 0.6 is 0 Å². The molecule has 0 bridgehead atoms. The fraction of sp³-hybridized carbons (Fsp3) is 0.188. The number of pyridine rings is 1. The minimum Gasteiger partial charge on any atom is -0.349 e. The number of halogens is 3. The number of nitrogens with zero attached hydrogens (tertiary/aromatic N) is 1. The Balaban J connectivity index is 1.77. The molecule has 124 valence electrons. The van der Waals surface area contributed by atoms with Crippen LogP contribution in [0.25, 0.3) is 0 Å². The van der Waals surface area contributed by atoms with Gasteiger partial charge in [-0.3, -0.25) is 14.6 Å². The van der Waals surface area contributed by atoms with Gasteiger partial charge in [0, 0.05) is 18.4 Å². The average molecular weight is 335 g/mol. The molecular weight excluding hydrogens is 323 g/mol. The van der Waals surface area contributed by atoms with E-state index >= 15 is 0 Å². The highest BCUT2D eigenvalue weighted by Gasteiger charge is 2.24. The molecule has 1 fully saturated rings. The summed E-state index contributed by atoms with van der Waals surface area (Å²) in [7, 11) is 0. The van der Waals surface area contributed by atoms with Gasteiger partial charge in [-0.1, -0.05) is 0 Å². The van der Waals surface area contributed by atoms with Gasteiger partial charge in [-0.05, 0) is 31.0 Å². The highest BCUT2D eigenvalue weighted by Crippen LogP contribution is 2.21. The third kappa shape index (κ3) is 3.37. The van der Waals surface area contributed by atoms with E-state index in [1.165, 1.54) is 18.5 Å². The van der Waals surface area contributed by atoms with E-state index in [1.807, 2.05) is 0 Å². The van der Waals surface area contributed by atoms with Crippen molar-refractivity contribution in [3.05, 3.63) is 59.2 Å². The van der Waals surface area contributed by atoms with Gasteiger partial charge in [0.2, 0.25) is 0 Å². The lowest BCUT2D eigenvalue weighted by Gasteiger charge is -2.08. The van der Waals surface area contributed by atoms with Crippen LogP contribution in [0.1, 0.15) is 33.6 Å². The van der Waals surface area contributed by atoms with Gasteiger partial charge in [0.1, 0.15) is 0 Å². The summed E-state index contributed by atoms with van der Waals surface area (Å²) >= 11 is 0. The van der Waals surface area contributed by atoms with Gasteiger partial charge in [0.25, 0.3) is 11.8 Å².